The van der Waals surface area contributed by atoms with E-state index in [4.69, 9.17) is 4.74 Å². The Morgan fingerprint density at radius 3 is 2.30 bits per heavy atom. The second kappa shape index (κ2) is 8.51. The van der Waals surface area contributed by atoms with Gasteiger partial charge in [0.15, 0.2) is 5.78 Å². The first-order valence-corrected chi connectivity index (χ1v) is 7.34. The Morgan fingerprint density at radius 1 is 1.10 bits per heavy atom. The van der Waals surface area contributed by atoms with Crippen molar-refractivity contribution in [3.05, 3.63) is 29.8 Å². The fraction of sp³-hybridized carbons (Fsp3) is 0.529. The molecule has 0 unspecified atom stereocenters. The van der Waals surface area contributed by atoms with E-state index in [1.807, 2.05) is 13.8 Å². The molecular weight excluding hydrogens is 252 g/mol. The van der Waals surface area contributed by atoms with Gasteiger partial charge in [-0.2, -0.15) is 0 Å². The number of rotatable bonds is 9. The van der Waals surface area contributed by atoms with Crippen LogP contribution in [-0.4, -0.2) is 17.7 Å². The van der Waals surface area contributed by atoms with Gasteiger partial charge in [-0.15, -0.1) is 0 Å². The molecule has 110 valence electrons. The largest absolute Gasteiger partial charge is 0.491 e. The maximum absolute atomic E-state index is 12.0. The Labute approximate surface area is 121 Å². The molecule has 0 saturated heterocycles. The minimum absolute atomic E-state index is 0.00803. The highest BCUT2D eigenvalue weighted by Crippen LogP contribution is 2.15. The molecule has 0 aliphatic carbocycles. The summed E-state index contributed by atoms with van der Waals surface area (Å²) < 4.78 is 5.52. The van der Waals surface area contributed by atoms with Crippen LogP contribution in [-0.2, 0) is 4.79 Å². The van der Waals surface area contributed by atoms with Crippen molar-refractivity contribution in [2.24, 2.45) is 0 Å². The predicted octanol–water partition coefficient (Wildman–Crippen LogP) is 4.20. The molecular formula is C17H24O3. The molecule has 0 N–H and O–H groups in total. The standard InChI is InChI=1S/C17H24O3/c1-4-5-6-7-15(18)12-17(19)14-8-10-16(11-9-14)20-13(2)3/h8-11,13H,4-7,12H2,1-3H3. The van der Waals surface area contributed by atoms with Crippen molar-refractivity contribution in [2.75, 3.05) is 0 Å². The monoisotopic (exact) mass is 276 g/mol. The van der Waals surface area contributed by atoms with E-state index in [0.717, 1.165) is 25.0 Å². The van der Waals surface area contributed by atoms with E-state index in [0.29, 0.717) is 12.0 Å². The van der Waals surface area contributed by atoms with Crippen LogP contribution >= 0.6 is 0 Å². The lowest BCUT2D eigenvalue weighted by molar-refractivity contribution is -0.118. The number of ketones is 2. The van der Waals surface area contributed by atoms with Gasteiger partial charge < -0.3 is 4.74 Å². The summed E-state index contributed by atoms with van der Waals surface area (Å²) in [4.78, 5) is 23.6. The van der Waals surface area contributed by atoms with Crippen LogP contribution in [0.25, 0.3) is 0 Å². The van der Waals surface area contributed by atoms with Crippen LogP contribution in [0.5, 0.6) is 5.75 Å². The zero-order valence-corrected chi connectivity index (χ0v) is 12.6. The Balaban J connectivity index is 2.49. The predicted molar refractivity (Wildman–Crippen MR) is 80.3 cm³/mol. The lowest BCUT2D eigenvalue weighted by Crippen LogP contribution is -2.09. The van der Waals surface area contributed by atoms with Gasteiger partial charge in [-0.05, 0) is 44.5 Å². The molecule has 3 nitrogen and oxygen atoms in total. The first-order chi connectivity index (χ1) is 9.52. The molecule has 0 amide bonds. The normalized spacial score (nSPS) is 10.6. The number of hydrogen-bond donors (Lipinski definition) is 0. The summed E-state index contributed by atoms with van der Waals surface area (Å²) in [6.45, 7) is 6.00. The van der Waals surface area contributed by atoms with Crippen molar-refractivity contribution >= 4 is 11.6 Å². The van der Waals surface area contributed by atoms with E-state index in [1.165, 1.54) is 0 Å². The molecule has 0 heterocycles. The highest BCUT2D eigenvalue weighted by molar-refractivity contribution is 6.07. The van der Waals surface area contributed by atoms with Crippen LogP contribution < -0.4 is 4.74 Å². The first kappa shape index (κ1) is 16.4. The van der Waals surface area contributed by atoms with Gasteiger partial charge in [0, 0.05) is 12.0 Å². The number of Topliss-reactive ketones (excluding diaryl/α,β-unsaturated/α-hetero) is 2. The van der Waals surface area contributed by atoms with Crippen LogP contribution in [0.2, 0.25) is 0 Å². The SMILES string of the molecule is CCCCCC(=O)CC(=O)c1ccc(OC(C)C)cc1. The quantitative estimate of drug-likeness (QED) is 0.386. The maximum atomic E-state index is 12.0. The Kier molecular flexibility index (Phi) is 6.99. The molecule has 0 aliphatic heterocycles. The zero-order chi connectivity index (χ0) is 15.0. The van der Waals surface area contributed by atoms with Crippen molar-refractivity contribution in [1.82, 2.24) is 0 Å². The van der Waals surface area contributed by atoms with Gasteiger partial charge in [0.05, 0.1) is 12.5 Å². The van der Waals surface area contributed by atoms with Gasteiger partial charge in [-0.3, -0.25) is 9.59 Å². The molecule has 1 aromatic carbocycles. The lowest BCUT2D eigenvalue weighted by atomic mass is 10.0. The van der Waals surface area contributed by atoms with Crippen molar-refractivity contribution in [2.45, 2.75) is 59.0 Å². The Morgan fingerprint density at radius 2 is 1.75 bits per heavy atom. The molecule has 0 bridgehead atoms. The van der Waals surface area contributed by atoms with E-state index < -0.39 is 0 Å². The summed E-state index contributed by atoms with van der Waals surface area (Å²) in [7, 11) is 0. The third-order valence-corrected chi connectivity index (χ3v) is 2.96. The van der Waals surface area contributed by atoms with Crippen molar-refractivity contribution in [1.29, 1.82) is 0 Å². The van der Waals surface area contributed by atoms with Crippen LogP contribution in [0.4, 0.5) is 0 Å². The van der Waals surface area contributed by atoms with E-state index in [1.54, 1.807) is 24.3 Å². The van der Waals surface area contributed by atoms with Gasteiger partial charge in [0.1, 0.15) is 11.5 Å². The summed E-state index contributed by atoms with van der Waals surface area (Å²) in [6.07, 6.45) is 3.63. The van der Waals surface area contributed by atoms with Crippen molar-refractivity contribution in [3.8, 4) is 5.75 Å². The van der Waals surface area contributed by atoms with E-state index >= 15 is 0 Å². The minimum Gasteiger partial charge on any atom is -0.491 e. The number of unbranched alkanes of at least 4 members (excludes halogenated alkanes) is 2. The molecule has 0 spiro atoms. The second-order valence-electron chi connectivity index (χ2n) is 5.29. The van der Waals surface area contributed by atoms with Gasteiger partial charge in [0.25, 0.3) is 0 Å². The zero-order valence-electron chi connectivity index (χ0n) is 12.6. The van der Waals surface area contributed by atoms with E-state index in [2.05, 4.69) is 6.92 Å². The van der Waals surface area contributed by atoms with Crippen molar-refractivity contribution in [3.63, 3.8) is 0 Å². The number of hydrogen-bond acceptors (Lipinski definition) is 3. The first-order valence-electron chi connectivity index (χ1n) is 7.34. The van der Waals surface area contributed by atoms with E-state index in [-0.39, 0.29) is 24.1 Å². The van der Waals surface area contributed by atoms with Crippen molar-refractivity contribution < 1.29 is 14.3 Å². The topological polar surface area (TPSA) is 43.4 Å². The molecule has 0 aromatic heterocycles. The summed E-state index contributed by atoms with van der Waals surface area (Å²) in [6, 6.07) is 6.99. The maximum Gasteiger partial charge on any atom is 0.170 e. The van der Waals surface area contributed by atoms with Crippen LogP contribution in [0.3, 0.4) is 0 Å². The fourth-order valence-corrected chi connectivity index (χ4v) is 1.93. The van der Waals surface area contributed by atoms with Gasteiger partial charge in [0.2, 0.25) is 0 Å². The Bertz CT molecular complexity index is 432. The number of ether oxygens (including phenoxy) is 1. The molecule has 1 rings (SSSR count). The van der Waals surface area contributed by atoms with Gasteiger partial charge in [-0.1, -0.05) is 19.8 Å². The van der Waals surface area contributed by atoms with Crippen LogP contribution in [0.1, 0.15) is 63.2 Å². The third kappa shape index (κ3) is 6.00. The highest BCUT2D eigenvalue weighted by Gasteiger charge is 2.11. The summed E-state index contributed by atoms with van der Waals surface area (Å²) in [5, 5.41) is 0. The lowest BCUT2D eigenvalue weighted by Gasteiger charge is -2.09. The third-order valence-electron chi connectivity index (χ3n) is 2.96. The highest BCUT2D eigenvalue weighted by atomic mass is 16.5. The number of carbonyl (C=O) groups is 2. The molecule has 0 radical (unpaired) electrons. The second-order valence-corrected chi connectivity index (χ2v) is 5.29. The van der Waals surface area contributed by atoms with E-state index in [9.17, 15) is 9.59 Å². The average Bonchev–Trinajstić information content (AvgIpc) is 2.39. The van der Waals surface area contributed by atoms with Gasteiger partial charge >= 0.3 is 0 Å². The van der Waals surface area contributed by atoms with Crippen LogP contribution in [0.15, 0.2) is 24.3 Å². The minimum atomic E-state index is -0.109. The molecule has 0 fully saturated rings. The molecule has 1 aromatic rings. The summed E-state index contributed by atoms with van der Waals surface area (Å²) >= 11 is 0. The fourth-order valence-electron chi connectivity index (χ4n) is 1.93. The smallest absolute Gasteiger partial charge is 0.170 e. The molecule has 0 saturated carbocycles. The Hall–Kier alpha value is -1.64. The van der Waals surface area contributed by atoms with Crippen LogP contribution in [0, 0.1) is 0 Å². The molecule has 0 aliphatic rings. The summed E-state index contributed by atoms with van der Waals surface area (Å²) in [5.74, 6) is 0.666. The molecule has 20 heavy (non-hydrogen) atoms. The molecule has 0 atom stereocenters. The number of benzene rings is 1. The molecule has 3 heteroatoms. The van der Waals surface area contributed by atoms with Gasteiger partial charge in [-0.25, -0.2) is 0 Å². The number of carbonyl (C=O) groups excluding carboxylic acids is 2. The average molecular weight is 276 g/mol. The summed E-state index contributed by atoms with van der Waals surface area (Å²) in [5.41, 5.74) is 0.574.